The maximum absolute atomic E-state index is 13.0. The molecule has 1 aromatic rings. The summed E-state index contributed by atoms with van der Waals surface area (Å²) in [6.45, 7) is 0.239. The predicted octanol–water partition coefficient (Wildman–Crippen LogP) is 0.394. The fourth-order valence-corrected chi connectivity index (χ4v) is 2.17. The molecule has 0 aliphatic carbocycles. The number of rotatable bonds is 7. The third-order valence-electron chi connectivity index (χ3n) is 3.40. The van der Waals surface area contributed by atoms with Gasteiger partial charge in [0.15, 0.2) is 6.61 Å². The summed E-state index contributed by atoms with van der Waals surface area (Å²) in [6, 6.07) is 5.07. The van der Waals surface area contributed by atoms with Crippen molar-refractivity contribution in [2.75, 3.05) is 26.3 Å². The zero-order chi connectivity index (χ0) is 17.4. The van der Waals surface area contributed by atoms with Crippen molar-refractivity contribution in [1.29, 1.82) is 0 Å². The average molecular weight is 338 g/mol. The SMILES string of the molecule is O=C(COC(=O)CNC(=O)c1cccc(F)c1)NC[C@@H]1CCCO1. The molecule has 2 amide bonds. The fraction of sp³-hybridized carbons (Fsp3) is 0.438. The Kier molecular flexibility index (Phi) is 6.68. The molecule has 1 heterocycles. The van der Waals surface area contributed by atoms with E-state index in [1.165, 1.54) is 18.2 Å². The molecule has 7 nitrogen and oxygen atoms in total. The highest BCUT2D eigenvalue weighted by atomic mass is 19.1. The second-order valence-electron chi connectivity index (χ2n) is 5.29. The van der Waals surface area contributed by atoms with Gasteiger partial charge in [0.05, 0.1) is 6.10 Å². The Morgan fingerprint density at radius 2 is 2.12 bits per heavy atom. The maximum atomic E-state index is 13.0. The van der Waals surface area contributed by atoms with Gasteiger partial charge in [-0.1, -0.05) is 6.07 Å². The molecule has 8 heteroatoms. The van der Waals surface area contributed by atoms with E-state index in [0.29, 0.717) is 13.2 Å². The molecular formula is C16H19FN2O5. The van der Waals surface area contributed by atoms with Gasteiger partial charge in [-0.2, -0.15) is 0 Å². The van der Waals surface area contributed by atoms with Crippen LogP contribution in [0.15, 0.2) is 24.3 Å². The van der Waals surface area contributed by atoms with Crippen LogP contribution in [0.4, 0.5) is 4.39 Å². The molecule has 0 radical (unpaired) electrons. The van der Waals surface area contributed by atoms with Crippen molar-refractivity contribution in [2.45, 2.75) is 18.9 Å². The normalized spacial score (nSPS) is 16.5. The van der Waals surface area contributed by atoms with E-state index in [4.69, 9.17) is 9.47 Å². The number of esters is 1. The second-order valence-corrected chi connectivity index (χ2v) is 5.29. The molecule has 2 N–H and O–H groups in total. The Bertz CT molecular complexity index is 602. The molecule has 0 saturated carbocycles. The van der Waals surface area contributed by atoms with Crippen molar-refractivity contribution in [3.8, 4) is 0 Å². The summed E-state index contributed by atoms with van der Waals surface area (Å²) >= 11 is 0. The third kappa shape index (κ3) is 5.96. The Morgan fingerprint density at radius 3 is 2.83 bits per heavy atom. The summed E-state index contributed by atoms with van der Waals surface area (Å²) in [4.78, 5) is 34.7. The molecule has 1 aromatic carbocycles. The van der Waals surface area contributed by atoms with E-state index in [-0.39, 0.29) is 11.7 Å². The van der Waals surface area contributed by atoms with E-state index in [1.807, 2.05) is 0 Å². The molecule has 130 valence electrons. The maximum Gasteiger partial charge on any atom is 0.325 e. The number of benzene rings is 1. The minimum absolute atomic E-state index is 0.00945. The van der Waals surface area contributed by atoms with E-state index >= 15 is 0 Å². The van der Waals surface area contributed by atoms with Crippen LogP contribution in [-0.2, 0) is 19.1 Å². The van der Waals surface area contributed by atoms with Crippen molar-refractivity contribution >= 4 is 17.8 Å². The first kappa shape index (κ1) is 17.9. The van der Waals surface area contributed by atoms with Gasteiger partial charge in [-0.3, -0.25) is 14.4 Å². The molecule has 1 fully saturated rings. The van der Waals surface area contributed by atoms with Gasteiger partial charge < -0.3 is 20.1 Å². The van der Waals surface area contributed by atoms with Gasteiger partial charge in [0.25, 0.3) is 11.8 Å². The molecule has 24 heavy (non-hydrogen) atoms. The van der Waals surface area contributed by atoms with Gasteiger partial charge in [-0.05, 0) is 31.0 Å². The number of nitrogens with one attached hydrogen (secondary N) is 2. The van der Waals surface area contributed by atoms with Crippen LogP contribution in [0.3, 0.4) is 0 Å². The topological polar surface area (TPSA) is 93.7 Å². The molecule has 0 unspecified atom stereocenters. The van der Waals surface area contributed by atoms with Crippen molar-refractivity contribution in [3.63, 3.8) is 0 Å². The number of hydrogen-bond donors (Lipinski definition) is 2. The van der Waals surface area contributed by atoms with Crippen LogP contribution in [0.1, 0.15) is 23.2 Å². The lowest BCUT2D eigenvalue weighted by Gasteiger charge is -2.11. The van der Waals surface area contributed by atoms with E-state index in [0.717, 1.165) is 18.9 Å². The average Bonchev–Trinajstić information content (AvgIpc) is 3.09. The molecule has 1 atom stereocenters. The van der Waals surface area contributed by atoms with Gasteiger partial charge in [-0.15, -0.1) is 0 Å². The summed E-state index contributed by atoms with van der Waals surface area (Å²) in [5, 5.41) is 4.90. The van der Waals surface area contributed by atoms with E-state index in [9.17, 15) is 18.8 Å². The summed E-state index contributed by atoms with van der Waals surface area (Å²) < 4.78 is 23.1. The quantitative estimate of drug-likeness (QED) is 0.702. The third-order valence-corrected chi connectivity index (χ3v) is 3.40. The van der Waals surface area contributed by atoms with Gasteiger partial charge in [0, 0.05) is 18.7 Å². The largest absolute Gasteiger partial charge is 0.454 e. The molecule has 0 aromatic heterocycles. The van der Waals surface area contributed by atoms with Crippen molar-refractivity contribution in [2.24, 2.45) is 0 Å². The first-order valence-electron chi connectivity index (χ1n) is 7.62. The van der Waals surface area contributed by atoms with Crippen molar-refractivity contribution < 1.29 is 28.2 Å². The van der Waals surface area contributed by atoms with Gasteiger partial charge in [0.2, 0.25) is 0 Å². The molecule has 0 spiro atoms. The predicted molar refractivity (Wildman–Crippen MR) is 81.7 cm³/mol. The van der Waals surface area contributed by atoms with Crippen molar-refractivity contribution in [3.05, 3.63) is 35.6 Å². The number of amides is 2. The number of ether oxygens (including phenoxy) is 2. The molecule has 2 rings (SSSR count). The smallest absolute Gasteiger partial charge is 0.325 e. The number of hydrogen-bond acceptors (Lipinski definition) is 5. The lowest BCUT2D eigenvalue weighted by Crippen LogP contribution is -2.36. The lowest BCUT2D eigenvalue weighted by atomic mass is 10.2. The lowest BCUT2D eigenvalue weighted by molar-refractivity contribution is -0.147. The zero-order valence-electron chi connectivity index (χ0n) is 13.0. The first-order chi connectivity index (χ1) is 11.5. The second kappa shape index (κ2) is 8.97. The van der Waals surface area contributed by atoms with Gasteiger partial charge >= 0.3 is 5.97 Å². The summed E-state index contributed by atoms with van der Waals surface area (Å²) in [7, 11) is 0. The minimum atomic E-state index is -0.757. The van der Waals surface area contributed by atoms with E-state index in [1.54, 1.807) is 0 Å². The van der Waals surface area contributed by atoms with E-state index < -0.39 is 36.8 Å². The van der Waals surface area contributed by atoms with Crippen LogP contribution in [0.5, 0.6) is 0 Å². The number of halogens is 1. The number of carbonyl (C=O) groups excluding carboxylic acids is 3. The zero-order valence-corrected chi connectivity index (χ0v) is 13.0. The highest BCUT2D eigenvalue weighted by molar-refractivity contribution is 5.96. The number of carbonyl (C=O) groups is 3. The van der Waals surface area contributed by atoms with Gasteiger partial charge in [-0.25, -0.2) is 4.39 Å². The standard InChI is InChI=1S/C16H19FN2O5/c17-12-4-1-3-11(7-12)16(22)19-9-15(21)24-10-14(20)18-8-13-5-2-6-23-13/h1,3-4,7,13H,2,5-6,8-10H2,(H,18,20)(H,19,22)/t13-/m0/s1. The highest BCUT2D eigenvalue weighted by Crippen LogP contribution is 2.10. The molecule has 1 saturated heterocycles. The highest BCUT2D eigenvalue weighted by Gasteiger charge is 2.17. The summed E-state index contributed by atoms with van der Waals surface area (Å²) in [5.41, 5.74) is 0.0945. The van der Waals surface area contributed by atoms with Crippen LogP contribution >= 0.6 is 0 Å². The molecule has 0 bridgehead atoms. The summed E-state index contributed by atoms with van der Waals surface area (Å²) in [5.74, 6) is -2.34. The fourth-order valence-electron chi connectivity index (χ4n) is 2.17. The minimum Gasteiger partial charge on any atom is -0.454 e. The Balaban J connectivity index is 1.62. The van der Waals surface area contributed by atoms with Crippen LogP contribution < -0.4 is 10.6 Å². The first-order valence-corrected chi connectivity index (χ1v) is 7.62. The van der Waals surface area contributed by atoms with E-state index in [2.05, 4.69) is 10.6 Å². The molecular weight excluding hydrogens is 319 g/mol. The Labute approximate surface area is 138 Å². The van der Waals surface area contributed by atoms with Crippen molar-refractivity contribution in [1.82, 2.24) is 10.6 Å². The molecule has 1 aliphatic rings. The van der Waals surface area contributed by atoms with Crippen LogP contribution in [0.2, 0.25) is 0 Å². The monoisotopic (exact) mass is 338 g/mol. The van der Waals surface area contributed by atoms with Crippen LogP contribution in [0.25, 0.3) is 0 Å². The van der Waals surface area contributed by atoms with Crippen LogP contribution in [-0.4, -0.2) is 50.2 Å². The Hall–Kier alpha value is -2.48. The summed E-state index contributed by atoms with van der Waals surface area (Å²) in [6.07, 6.45) is 1.88. The van der Waals surface area contributed by atoms with Crippen LogP contribution in [0, 0.1) is 5.82 Å². The molecule has 1 aliphatic heterocycles. The Morgan fingerprint density at radius 1 is 1.29 bits per heavy atom. The van der Waals surface area contributed by atoms with Gasteiger partial charge in [0.1, 0.15) is 12.4 Å².